The zero-order valence-electron chi connectivity index (χ0n) is 9.98. The fraction of sp³-hybridized carbons (Fsp3) is 0.667. The Balaban J connectivity index is 2.10. The molecule has 2 N–H and O–H groups in total. The number of nitrogens with two attached hydrogens (primary N) is 1. The van der Waals surface area contributed by atoms with Gasteiger partial charge < -0.3 is 10.2 Å². The van der Waals surface area contributed by atoms with Crippen molar-refractivity contribution in [2.24, 2.45) is 5.73 Å². The van der Waals surface area contributed by atoms with E-state index < -0.39 is 0 Å². The molecule has 1 aromatic heterocycles. The van der Waals surface area contributed by atoms with Crippen LogP contribution < -0.4 is 5.73 Å². The molecule has 1 fully saturated rings. The van der Waals surface area contributed by atoms with Crippen LogP contribution in [0.5, 0.6) is 0 Å². The summed E-state index contributed by atoms with van der Waals surface area (Å²) < 4.78 is 5.80. The molecule has 1 aliphatic rings. The highest BCUT2D eigenvalue weighted by Gasteiger charge is 2.32. The predicted octanol–water partition coefficient (Wildman–Crippen LogP) is 2.11. The van der Waals surface area contributed by atoms with Crippen molar-refractivity contribution in [3.63, 3.8) is 0 Å². The molecule has 1 saturated heterocycles. The third-order valence-electron chi connectivity index (χ3n) is 2.99. The van der Waals surface area contributed by atoms with Gasteiger partial charge in [0.25, 0.3) is 0 Å². The van der Waals surface area contributed by atoms with E-state index in [-0.39, 0.29) is 6.04 Å². The second kappa shape index (κ2) is 4.82. The molecule has 0 bridgehead atoms. The molecule has 4 heteroatoms. The molecule has 2 rings (SSSR count). The van der Waals surface area contributed by atoms with Crippen molar-refractivity contribution >= 4 is 11.8 Å². The lowest BCUT2D eigenvalue weighted by atomic mass is 10.1. The summed E-state index contributed by atoms with van der Waals surface area (Å²) in [5.41, 5.74) is 5.87. The molecule has 90 valence electrons. The predicted molar refractivity (Wildman–Crippen MR) is 68.6 cm³/mol. The first kappa shape index (κ1) is 12.0. The molecule has 0 aromatic carbocycles. The smallest absolute Gasteiger partial charge is 0.122 e. The molecule has 0 saturated carbocycles. The van der Waals surface area contributed by atoms with Gasteiger partial charge in [-0.1, -0.05) is 0 Å². The SMILES string of the molecule is CC1(C)CN(C(CN)c2ccco2)CCS1. The Kier molecular flexibility index (Phi) is 3.62. The van der Waals surface area contributed by atoms with Gasteiger partial charge in [-0.2, -0.15) is 11.8 Å². The van der Waals surface area contributed by atoms with Crippen molar-refractivity contribution in [1.82, 2.24) is 4.90 Å². The fourth-order valence-corrected chi connectivity index (χ4v) is 3.38. The number of rotatable bonds is 3. The first-order valence-electron chi connectivity index (χ1n) is 5.74. The highest BCUT2D eigenvalue weighted by atomic mass is 32.2. The fourth-order valence-electron chi connectivity index (χ4n) is 2.25. The molecule has 1 aliphatic heterocycles. The average molecular weight is 240 g/mol. The highest BCUT2D eigenvalue weighted by Crippen LogP contribution is 2.33. The van der Waals surface area contributed by atoms with E-state index in [1.165, 1.54) is 5.75 Å². The number of furan rings is 1. The third-order valence-corrected chi connectivity index (χ3v) is 4.29. The third kappa shape index (κ3) is 2.62. The zero-order chi connectivity index (χ0) is 11.6. The molecule has 0 aliphatic carbocycles. The van der Waals surface area contributed by atoms with Gasteiger partial charge in [-0.05, 0) is 26.0 Å². The van der Waals surface area contributed by atoms with Crippen molar-refractivity contribution in [3.8, 4) is 0 Å². The summed E-state index contributed by atoms with van der Waals surface area (Å²) in [7, 11) is 0. The number of hydrogen-bond donors (Lipinski definition) is 1. The van der Waals surface area contributed by atoms with Crippen LogP contribution in [0.25, 0.3) is 0 Å². The van der Waals surface area contributed by atoms with Crippen LogP contribution in [0, 0.1) is 0 Å². The van der Waals surface area contributed by atoms with Crippen LogP contribution >= 0.6 is 11.8 Å². The van der Waals surface area contributed by atoms with Gasteiger partial charge in [0.1, 0.15) is 5.76 Å². The summed E-state index contributed by atoms with van der Waals surface area (Å²) in [5, 5.41) is 0. The average Bonchev–Trinajstić information content (AvgIpc) is 2.71. The Morgan fingerprint density at radius 3 is 3.00 bits per heavy atom. The first-order valence-corrected chi connectivity index (χ1v) is 6.72. The molecule has 1 atom stereocenters. The lowest BCUT2D eigenvalue weighted by Gasteiger charge is -2.40. The summed E-state index contributed by atoms with van der Waals surface area (Å²) in [4.78, 5) is 2.44. The normalized spacial score (nSPS) is 23.2. The maximum absolute atomic E-state index is 5.87. The lowest BCUT2D eigenvalue weighted by Crippen LogP contribution is -2.46. The number of hydrogen-bond acceptors (Lipinski definition) is 4. The minimum Gasteiger partial charge on any atom is -0.468 e. The number of thioether (sulfide) groups is 1. The van der Waals surface area contributed by atoms with Crippen LogP contribution in [0.15, 0.2) is 22.8 Å². The highest BCUT2D eigenvalue weighted by molar-refractivity contribution is 8.00. The maximum Gasteiger partial charge on any atom is 0.122 e. The molecule has 3 nitrogen and oxygen atoms in total. The summed E-state index contributed by atoms with van der Waals surface area (Å²) in [6, 6.07) is 4.18. The van der Waals surface area contributed by atoms with E-state index >= 15 is 0 Å². The van der Waals surface area contributed by atoms with E-state index in [0.717, 1.165) is 18.8 Å². The molecule has 2 heterocycles. The van der Waals surface area contributed by atoms with Crippen molar-refractivity contribution in [2.45, 2.75) is 24.6 Å². The van der Waals surface area contributed by atoms with Gasteiger partial charge in [0.2, 0.25) is 0 Å². The van der Waals surface area contributed by atoms with Crippen LogP contribution in [0.2, 0.25) is 0 Å². The molecular weight excluding hydrogens is 220 g/mol. The van der Waals surface area contributed by atoms with Crippen LogP contribution in [-0.4, -0.2) is 35.0 Å². The monoisotopic (exact) mass is 240 g/mol. The van der Waals surface area contributed by atoms with Gasteiger partial charge in [-0.3, -0.25) is 4.90 Å². The second-order valence-corrected chi connectivity index (χ2v) is 6.65. The first-order chi connectivity index (χ1) is 7.62. The number of nitrogens with zero attached hydrogens (tertiary/aromatic N) is 1. The molecule has 16 heavy (non-hydrogen) atoms. The summed E-state index contributed by atoms with van der Waals surface area (Å²) in [5.74, 6) is 2.16. The maximum atomic E-state index is 5.87. The zero-order valence-corrected chi connectivity index (χ0v) is 10.8. The lowest BCUT2D eigenvalue weighted by molar-refractivity contribution is 0.171. The van der Waals surface area contributed by atoms with E-state index in [1.807, 2.05) is 23.9 Å². The van der Waals surface area contributed by atoms with E-state index in [9.17, 15) is 0 Å². The van der Waals surface area contributed by atoms with Crippen LogP contribution in [0.3, 0.4) is 0 Å². The van der Waals surface area contributed by atoms with Crippen LogP contribution in [-0.2, 0) is 0 Å². The summed E-state index contributed by atoms with van der Waals surface area (Å²) >= 11 is 2.04. The Morgan fingerprint density at radius 2 is 2.44 bits per heavy atom. The topological polar surface area (TPSA) is 42.4 Å². The summed E-state index contributed by atoms with van der Waals surface area (Å²) in [6.07, 6.45) is 1.72. The van der Waals surface area contributed by atoms with Gasteiger partial charge >= 0.3 is 0 Å². The largest absolute Gasteiger partial charge is 0.468 e. The van der Waals surface area contributed by atoms with Gasteiger partial charge in [0, 0.05) is 30.1 Å². The molecular formula is C12H20N2OS. The standard InChI is InChI=1S/C12H20N2OS/c1-12(2)9-14(5-7-16-12)10(8-13)11-4-3-6-15-11/h3-4,6,10H,5,7-9,13H2,1-2H3. The minimum absolute atomic E-state index is 0.232. The van der Waals surface area contributed by atoms with Crippen LogP contribution in [0.4, 0.5) is 0 Å². The Hall–Kier alpha value is -0.450. The van der Waals surface area contributed by atoms with Gasteiger partial charge in [-0.15, -0.1) is 0 Å². The molecule has 1 unspecified atom stereocenters. The van der Waals surface area contributed by atoms with E-state index in [4.69, 9.17) is 10.2 Å². The Morgan fingerprint density at radius 1 is 1.62 bits per heavy atom. The van der Waals surface area contributed by atoms with Crippen LogP contribution in [0.1, 0.15) is 25.6 Å². The molecule has 0 spiro atoms. The molecule has 0 radical (unpaired) electrons. The minimum atomic E-state index is 0.232. The molecule has 1 aromatic rings. The van der Waals surface area contributed by atoms with Gasteiger partial charge in [0.15, 0.2) is 0 Å². The Labute approximate surface area is 101 Å². The van der Waals surface area contributed by atoms with Crippen molar-refractivity contribution < 1.29 is 4.42 Å². The van der Waals surface area contributed by atoms with E-state index in [0.29, 0.717) is 11.3 Å². The van der Waals surface area contributed by atoms with Gasteiger partial charge in [0.05, 0.1) is 12.3 Å². The van der Waals surface area contributed by atoms with E-state index in [1.54, 1.807) is 6.26 Å². The van der Waals surface area contributed by atoms with E-state index in [2.05, 4.69) is 18.7 Å². The van der Waals surface area contributed by atoms with Crippen molar-refractivity contribution in [2.75, 3.05) is 25.4 Å². The Bertz CT molecular complexity index is 324. The molecule has 0 amide bonds. The second-order valence-electron chi connectivity index (χ2n) is 4.85. The van der Waals surface area contributed by atoms with Gasteiger partial charge in [-0.25, -0.2) is 0 Å². The van der Waals surface area contributed by atoms with Crippen molar-refractivity contribution in [3.05, 3.63) is 24.2 Å². The van der Waals surface area contributed by atoms with Crippen molar-refractivity contribution in [1.29, 1.82) is 0 Å². The summed E-state index contributed by atoms with van der Waals surface area (Å²) in [6.45, 7) is 7.37. The quantitative estimate of drug-likeness (QED) is 0.878.